The molecule has 1 amide bonds. The number of thiophene rings is 1. The van der Waals surface area contributed by atoms with Crippen molar-refractivity contribution < 1.29 is 4.79 Å². The number of carbonyl (C=O) groups is 1. The first-order chi connectivity index (χ1) is 15.2. The second-order valence-electron chi connectivity index (χ2n) is 7.70. The fraction of sp³-hybridized carbons (Fsp3) is 0.280. The molecule has 2 aromatic heterocycles. The quantitative estimate of drug-likeness (QED) is 0.307. The zero-order valence-electron chi connectivity index (χ0n) is 17.4. The van der Waals surface area contributed by atoms with Crippen molar-refractivity contribution in [2.45, 2.75) is 43.9 Å². The summed E-state index contributed by atoms with van der Waals surface area (Å²) in [5.41, 5.74) is 4.62. The Morgan fingerprint density at radius 2 is 1.87 bits per heavy atom. The number of amides is 1. The Bertz CT molecular complexity index is 1190. The van der Waals surface area contributed by atoms with Gasteiger partial charge in [0.25, 0.3) is 0 Å². The van der Waals surface area contributed by atoms with Crippen molar-refractivity contribution in [1.82, 2.24) is 4.98 Å². The summed E-state index contributed by atoms with van der Waals surface area (Å²) in [6.45, 7) is 2.15. The summed E-state index contributed by atoms with van der Waals surface area (Å²) in [7, 11) is 0. The Kier molecular flexibility index (Phi) is 6.12. The molecular weight excluding hydrogens is 440 g/mol. The smallest absolute Gasteiger partial charge is 0.229 e. The fourth-order valence-corrected chi connectivity index (χ4v) is 7.16. The van der Waals surface area contributed by atoms with E-state index >= 15 is 0 Å². The zero-order chi connectivity index (χ0) is 21.2. The van der Waals surface area contributed by atoms with Crippen LogP contribution in [-0.4, -0.2) is 16.6 Å². The van der Waals surface area contributed by atoms with Gasteiger partial charge in [-0.25, -0.2) is 4.98 Å². The maximum atomic E-state index is 12.9. The highest BCUT2D eigenvalue weighted by Crippen LogP contribution is 2.46. The predicted octanol–water partition coefficient (Wildman–Crippen LogP) is 7.20. The third-order valence-electron chi connectivity index (χ3n) is 5.53. The number of nitrogens with one attached hydrogen (secondary N) is 1. The van der Waals surface area contributed by atoms with Gasteiger partial charge in [-0.3, -0.25) is 4.79 Å². The molecule has 0 bridgehead atoms. The van der Waals surface area contributed by atoms with Gasteiger partial charge in [0.2, 0.25) is 5.91 Å². The molecule has 0 atom stereocenters. The Morgan fingerprint density at radius 3 is 2.68 bits per heavy atom. The molecule has 1 N–H and O–H groups in total. The van der Waals surface area contributed by atoms with Crippen LogP contribution in [0.3, 0.4) is 0 Å². The van der Waals surface area contributed by atoms with Gasteiger partial charge in [-0.15, -0.1) is 34.4 Å². The molecular formula is C25H24N2OS3. The number of thiazole rings is 1. The minimum Gasteiger partial charge on any atom is -0.317 e. The summed E-state index contributed by atoms with van der Waals surface area (Å²) < 4.78 is 1.19. The molecule has 4 aromatic rings. The first-order valence-electron chi connectivity index (χ1n) is 10.7. The van der Waals surface area contributed by atoms with E-state index in [1.807, 2.05) is 17.8 Å². The molecule has 0 saturated carbocycles. The molecule has 6 heteroatoms. The van der Waals surface area contributed by atoms with Gasteiger partial charge in [0.1, 0.15) is 10.0 Å². The molecule has 0 unspecified atom stereocenters. The van der Waals surface area contributed by atoms with Gasteiger partial charge in [0.05, 0.1) is 16.6 Å². The molecule has 2 heterocycles. The van der Waals surface area contributed by atoms with Crippen LogP contribution in [0.4, 0.5) is 5.00 Å². The number of aryl methyl sites for hydroxylation is 1. The van der Waals surface area contributed by atoms with E-state index < -0.39 is 0 Å². The van der Waals surface area contributed by atoms with E-state index in [9.17, 15) is 4.79 Å². The molecule has 3 nitrogen and oxygen atoms in total. The van der Waals surface area contributed by atoms with Gasteiger partial charge >= 0.3 is 0 Å². The van der Waals surface area contributed by atoms with Crippen LogP contribution in [0.25, 0.3) is 20.8 Å². The lowest BCUT2D eigenvalue weighted by atomic mass is 9.95. The van der Waals surface area contributed by atoms with Crippen molar-refractivity contribution in [2.24, 2.45) is 0 Å². The summed E-state index contributed by atoms with van der Waals surface area (Å²) in [6, 6.07) is 16.6. The third-order valence-corrected chi connectivity index (χ3v) is 8.69. The second kappa shape index (κ2) is 9.15. The maximum Gasteiger partial charge on any atom is 0.229 e. The van der Waals surface area contributed by atoms with Gasteiger partial charge in [0, 0.05) is 15.3 Å². The van der Waals surface area contributed by atoms with Gasteiger partial charge < -0.3 is 5.32 Å². The Labute approximate surface area is 194 Å². The van der Waals surface area contributed by atoms with Gasteiger partial charge in [-0.05, 0) is 66.8 Å². The topological polar surface area (TPSA) is 42.0 Å². The summed E-state index contributed by atoms with van der Waals surface area (Å²) in [5, 5.41) is 5.23. The average molecular weight is 465 g/mol. The minimum absolute atomic E-state index is 0.0388. The summed E-state index contributed by atoms with van der Waals surface area (Å²) >= 11 is 5.28. The number of benzene rings is 2. The van der Waals surface area contributed by atoms with Crippen LogP contribution >= 0.6 is 34.4 Å². The standard InChI is InChI=1S/C25H24N2OS3/c1-2-29-17-13-11-16(12-14-17)15-22(28)27-25-23(18-7-3-5-9-20(18)30-25)24-26-19-8-4-6-10-21(19)31-24/h4,6,8,10-14H,2-3,5,7,9,15H2,1H3,(H,27,28). The molecule has 1 aliphatic rings. The Hall–Kier alpha value is -2.15. The first-order valence-corrected chi connectivity index (χ1v) is 13.3. The van der Waals surface area contributed by atoms with Crippen molar-refractivity contribution in [2.75, 3.05) is 11.1 Å². The van der Waals surface area contributed by atoms with Crippen molar-refractivity contribution in [3.8, 4) is 10.6 Å². The van der Waals surface area contributed by atoms with Crippen molar-refractivity contribution >= 4 is 55.6 Å². The highest BCUT2D eigenvalue weighted by Gasteiger charge is 2.25. The van der Waals surface area contributed by atoms with E-state index in [-0.39, 0.29) is 5.91 Å². The van der Waals surface area contributed by atoms with Crippen molar-refractivity contribution in [3.05, 3.63) is 64.5 Å². The van der Waals surface area contributed by atoms with E-state index in [2.05, 4.69) is 54.7 Å². The number of thioether (sulfide) groups is 1. The minimum atomic E-state index is 0.0388. The van der Waals surface area contributed by atoms with E-state index in [1.54, 1.807) is 22.7 Å². The number of hydrogen-bond acceptors (Lipinski definition) is 5. The van der Waals surface area contributed by atoms with Crippen LogP contribution in [0.15, 0.2) is 53.4 Å². The highest BCUT2D eigenvalue weighted by molar-refractivity contribution is 7.99. The van der Waals surface area contributed by atoms with E-state index in [0.29, 0.717) is 6.42 Å². The number of rotatable bonds is 6. The Morgan fingerprint density at radius 1 is 1.06 bits per heavy atom. The van der Waals surface area contributed by atoms with Crippen LogP contribution in [0.5, 0.6) is 0 Å². The zero-order valence-corrected chi connectivity index (χ0v) is 19.9. The number of nitrogens with zero attached hydrogens (tertiary/aromatic N) is 1. The molecule has 0 aliphatic heterocycles. The van der Waals surface area contributed by atoms with E-state index in [0.717, 1.165) is 45.2 Å². The first kappa shape index (κ1) is 20.7. The molecule has 0 spiro atoms. The summed E-state index contributed by atoms with van der Waals surface area (Å²) in [6.07, 6.45) is 4.99. The number of aromatic nitrogens is 1. The van der Waals surface area contributed by atoms with Gasteiger partial charge in [0.15, 0.2) is 0 Å². The molecule has 5 rings (SSSR count). The lowest BCUT2D eigenvalue weighted by molar-refractivity contribution is -0.115. The number of para-hydroxylation sites is 1. The molecule has 0 radical (unpaired) electrons. The predicted molar refractivity (Wildman–Crippen MR) is 135 cm³/mol. The third kappa shape index (κ3) is 4.43. The highest BCUT2D eigenvalue weighted by atomic mass is 32.2. The maximum absolute atomic E-state index is 12.9. The average Bonchev–Trinajstić information content (AvgIpc) is 3.35. The normalized spacial score (nSPS) is 13.3. The number of anilines is 1. The van der Waals surface area contributed by atoms with E-state index in [4.69, 9.17) is 4.98 Å². The number of fused-ring (bicyclic) bond motifs is 2. The molecule has 0 fully saturated rings. The Balaban J connectivity index is 1.43. The summed E-state index contributed by atoms with van der Waals surface area (Å²) in [4.78, 5) is 20.5. The monoisotopic (exact) mass is 464 g/mol. The molecule has 31 heavy (non-hydrogen) atoms. The SMILES string of the molecule is CCSc1ccc(CC(=O)Nc2sc3c(c2-c2nc4ccccc4s2)CCCC3)cc1. The fourth-order valence-electron chi connectivity index (χ4n) is 4.09. The number of hydrogen-bond donors (Lipinski definition) is 1. The van der Waals surface area contributed by atoms with Crippen LogP contribution in [-0.2, 0) is 24.1 Å². The molecule has 158 valence electrons. The largest absolute Gasteiger partial charge is 0.317 e. The second-order valence-corrected chi connectivity index (χ2v) is 11.2. The van der Waals surface area contributed by atoms with Crippen molar-refractivity contribution in [3.63, 3.8) is 0 Å². The number of carbonyl (C=O) groups excluding carboxylic acids is 1. The van der Waals surface area contributed by atoms with Crippen LogP contribution in [0.1, 0.15) is 35.8 Å². The lowest BCUT2D eigenvalue weighted by Crippen LogP contribution is -2.14. The molecule has 1 aliphatic carbocycles. The van der Waals surface area contributed by atoms with Crippen molar-refractivity contribution in [1.29, 1.82) is 0 Å². The molecule has 0 saturated heterocycles. The van der Waals surface area contributed by atoms with Gasteiger partial charge in [-0.1, -0.05) is 31.2 Å². The molecule has 2 aromatic carbocycles. The van der Waals surface area contributed by atoms with Crippen LogP contribution < -0.4 is 5.32 Å². The summed E-state index contributed by atoms with van der Waals surface area (Å²) in [5.74, 6) is 1.09. The van der Waals surface area contributed by atoms with Crippen LogP contribution in [0.2, 0.25) is 0 Å². The van der Waals surface area contributed by atoms with Crippen LogP contribution in [0, 0.1) is 0 Å². The van der Waals surface area contributed by atoms with Gasteiger partial charge in [-0.2, -0.15) is 0 Å². The van der Waals surface area contributed by atoms with E-state index in [1.165, 1.54) is 32.9 Å². The lowest BCUT2D eigenvalue weighted by Gasteiger charge is -2.11.